The maximum Gasteiger partial charge on any atom is 0.306 e. The minimum absolute atomic E-state index is 0.0256. The number of esters is 1. The van der Waals surface area contributed by atoms with Crippen molar-refractivity contribution < 1.29 is 24.5 Å². The lowest BCUT2D eigenvalue weighted by molar-refractivity contribution is -0.183. The van der Waals surface area contributed by atoms with Crippen LogP contribution >= 0.6 is 0 Å². The second-order valence-corrected chi connectivity index (χ2v) is 9.84. The molecule has 1 saturated carbocycles. The predicted octanol–water partition coefficient (Wildman–Crippen LogP) is 3.78. The van der Waals surface area contributed by atoms with E-state index in [2.05, 4.69) is 27.0 Å². The van der Waals surface area contributed by atoms with Crippen molar-refractivity contribution in [1.29, 1.82) is 0 Å². The van der Waals surface area contributed by atoms with Crippen molar-refractivity contribution in [3.63, 3.8) is 0 Å². The van der Waals surface area contributed by atoms with E-state index < -0.39 is 23.9 Å². The first-order valence-corrected chi connectivity index (χ1v) is 11.2. The molecule has 8 atom stereocenters. The molecule has 0 spiro atoms. The lowest BCUT2D eigenvalue weighted by atomic mass is 9.60. The van der Waals surface area contributed by atoms with E-state index in [-0.39, 0.29) is 23.9 Å². The second kappa shape index (κ2) is 8.52. The molecule has 8 unspecified atom stereocenters. The Bertz CT molecular complexity index is 656. The van der Waals surface area contributed by atoms with Gasteiger partial charge in [-0.25, -0.2) is 0 Å². The molecule has 0 amide bonds. The molecule has 1 aliphatic carbocycles. The van der Waals surface area contributed by atoms with E-state index in [4.69, 9.17) is 9.47 Å². The Morgan fingerprint density at radius 1 is 1.31 bits per heavy atom. The van der Waals surface area contributed by atoms with E-state index >= 15 is 0 Å². The first-order valence-electron chi connectivity index (χ1n) is 11.2. The highest BCUT2D eigenvalue weighted by Crippen LogP contribution is 2.55. The van der Waals surface area contributed by atoms with Gasteiger partial charge in [-0.3, -0.25) is 4.79 Å². The van der Waals surface area contributed by atoms with Crippen molar-refractivity contribution in [1.82, 2.24) is 0 Å². The van der Waals surface area contributed by atoms with Gasteiger partial charge in [-0.2, -0.15) is 0 Å². The van der Waals surface area contributed by atoms with Gasteiger partial charge in [-0.1, -0.05) is 39.5 Å². The molecule has 5 heteroatoms. The zero-order valence-electron chi connectivity index (χ0n) is 18.4. The van der Waals surface area contributed by atoms with Crippen LogP contribution in [0.25, 0.3) is 0 Å². The summed E-state index contributed by atoms with van der Waals surface area (Å²) in [6.07, 6.45) is 1.20. The summed E-state index contributed by atoms with van der Waals surface area (Å²) in [5.74, 6) is 0.711. The van der Waals surface area contributed by atoms with Crippen molar-refractivity contribution in [2.24, 2.45) is 23.7 Å². The molecule has 2 heterocycles. The van der Waals surface area contributed by atoms with Gasteiger partial charge in [-0.15, -0.1) is 0 Å². The second-order valence-electron chi connectivity index (χ2n) is 9.84. The first-order chi connectivity index (χ1) is 13.6. The van der Waals surface area contributed by atoms with Gasteiger partial charge in [0, 0.05) is 18.3 Å². The van der Waals surface area contributed by atoms with Crippen LogP contribution in [0.4, 0.5) is 0 Å². The topological polar surface area (TPSA) is 76.0 Å². The zero-order chi connectivity index (χ0) is 21.5. The van der Waals surface area contributed by atoms with Crippen LogP contribution in [0.5, 0.6) is 0 Å². The number of carbonyl (C=O) groups is 1. The summed E-state index contributed by atoms with van der Waals surface area (Å²) in [6, 6.07) is 0. The number of aliphatic hydroxyl groups excluding tert-OH is 2. The third-order valence-electron chi connectivity index (χ3n) is 7.48. The van der Waals surface area contributed by atoms with Gasteiger partial charge in [0.2, 0.25) is 0 Å². The number of carbonyl (C=O) groups excluding carboxylic acids is 1. The normalized spacial score (nSPS) is 42.8. The maximum atomic E-state index is 12.5. The van der Waals surface area contributed by atoms with Crippen LogP contribution in [-0.4, -0.2) is 46.2 Å². The number of hydrogen-bond acceptors (Lipinski definition) is 5. The molecule has 29 heavy (non-hydrogen) atoms. The van der Waals surface area contributed by atoms with Gasteiger partial charge in [0.05, 0.1) is 12.2 Å². The van der Waals surface area contributed by atoms with E-state index in [1.807, 2.05) is 13.8 Å². The number of hydrogen-bond donors (Lipinski definition) is 2. The molecule has 164 valence electrons. The molecule has 2 bridgehead atoms. The summed E-state index contributed by atoms with van der Waals surface area (Å²) in [5, 5.41) is 21.6. The Balaban J connectivity index is 2.06. The molecule has 3 rings (SSSR count). The van der Waals surface area contributed by atoms with Crippen molar-refractivity contribution in [2.45, 2.75) is 96.2 Å². The van der Waals surface area contributed by atoms with Crippen molar-refractivity contribution >= 4 is 5.97 Å². The van der Waals surface area contributed by atoms with Crippen LogP contribution in [0.1, 0.15) is 66.2 Å². The largest absolute Gasteiger partial charge is 0.457 e. The molecule has 5 nitrogen and oxygen atoms in total. The molecule has 0 radical (unpaired) electrons. The van der Waals surface area contributed by atoms with E-state index in [9.17, 15) is 15.0 Å². The summed E-state index contributed by atoms with van der Waals surface area (Å²) in [6.45, 7) is 16.6. The van der Waals surface area contributed by atoms with Gasteiger partial charge in [0.25, 0.3) is 0 Å². The molecular weight excluding hydrogens is 368 g/mol. The lowest BCUT2D eigenvalue weighted by Gasteiger charge is -2.45. The molecule has 2 saturated heterocycles. The van der Waals surface area contributed by atoms with Crippen LogP contribution in [0.3, 0.4) is 0 Å². The molecule has 3 fully saturated rings. The van der Waals surface area contributed by atoms with E-state index in [1.165, 1.54) is 0 Å². The van der Waals surface area contributed by atoms with Gasteiger partial charge < -0.3 is 19.7 Å². The highest BCUT2D eigenvalue weighted by atomic mass is 16.6. The zero-order valence-corrected chi connectivity index (χ0v) is 18.4. The average molecular weight is 407 g/mol. The minimum atomic E-state index is -0.959. The third-order valence-corrected chi connectivity index (χ3v) is 7.48. The highest BCUT2D eigenvalue weighted by Gasteiger charge is 2.60. The molecule has 0 aromatic rings. The summed E-state index contributed by atoms with van der Waals surface area (Å²) < 4.78 is 12.6. The van der Waals surface area contributed by atoms with Gasteiger partial charge in [0.15, 0.2) is 0 Å². The van der Waals surface area contributed by atoms with Gasteiger partial charge in [-0.05, 0) is 56.4 Å². The predicted molar refractivity (Wildman–Crippen MR) is 112 cm³/mol. The standard InChI is InChI=1S/C24H38O5/c1-7-8-18(26)29-24(6)12-11-17(25)15(5)21(27)22-19-14(4)9-10-16(13(2)3)20(19)23(24)28-22/h13,16-17,19-23,25,27H,4-5,7-12H2,1-3,6H3. The molecule has 2 N–H and O–H groups in total. The third kappa shape index (κ3) is 4.06. The quantitative estimate of drug-likeness (QED) is 0.549. The van der Waals surface area contributed by atoms with E-state index in [0.29, 0.717) is 36.7 Å². The van der Waals surface area contributed by atoms with Crippen molar-refractivity contribution in [3.8, 4) is 0 Å². The molecule has 3 aliphatic rings. The minimum Gasteiger partial charge on any atom is -0.457 e. The average Bonchev–Trinajstić information content (AvgIpc) is 3.07. The molecule has 0 aromatic carbocycles. The lowest BCUT2D eigenvalue weighted by Crippen LogP contribution is -2.51. The van der Waals surface area contributed by atoms with E-state index in [0.717, 1.165) is 24.8 Å². The Kier molecular flexibility index (Phi) is 6.62. The molecule has 2 aliphatic heterocycles. The fourth-order valence-corrected chi connectivity index (χ4v) is 5.84. The number of ether oxygens (including phenoxy) is 2. The number of aliphatic hydroxyl groups is 2. The first kappa shape index (κ1) is 22.5. The van der Waals surface area contributed by atoms with Crippen LogP contribution in [0, 0.1) is 23.7 Å². The monoisotopic (exact) mass is 406 g/mol. The summed E-state index contributed by atoms with van der Waals surface area (Å²) in [5.41, 5.74) is 0.613. The number of fused-ring (bicyclic) bond motifs is 5. The highest BCUT2D eigenvalue weighted by molar-refractivity contribution is 5.69. The summed E-state index contributed by atoms with van der Waals surface area (Å²) in [4.78, 5) is 12.5. The van der Waals surface area contributed by atoms with Crippen LogP contribution in [0.15, 0.2) is 24.3 Å². The van der Waals surface area contributed by atoms with Crippen LogP contribution in [-0.2, 0) is 14.3 Å². The molecule has 0 aromatic heterocycles. The maximum absolute atomic E-state index is 12.5. The Labute approximate surface area is 175 Å². The number of rotatable bonds is 4. The van der Waals surface area contributed by atoms with Crippen molar-refractivity contribution in [3.05, 3.63) is 24.3 Å². The fourth-order valence-electron chi connectivity index (χ4n) is 5.84. The SMILES string of the molecule is C=C1C(O)CCC(C)(OC(=O)CCC)C2OC(C1O)C1C(=C)CCC(C(C)C)C12. The van der Waals surface area contributed by atoms with Gasteiger partial charge >= 0.3 is 5.97 Å². The van der Waals surface area contributed by atoms with Crippen LogP contribution < -0.4 is 0 Å². The summed E-state index contributed by atoms with van der Waals surface area (Å²) >= 11 is 0. The van der Waals surface area contributed by atoms with Crippen molar-refractivity contribution in [2.75, 3.05) is 0 Å². The van der Waals surface area contributed by atoms with E-state index in [1.54, 1.807) is 0 Å². The Morgan fingerprint density at radius 3 is 2.62 bits per heavy atom. The smallest absolute Gasteiger partial charge is 0.306 e. The Morgan fingerprint density at radius 2 is 2.00 bits per heavy atom. The Hall–Kier alpha value is -1.17. The van der Waals surface area contributed by atoms with Gasteiger partial charge in [0.1, 0.15) is 17.8 Å². The molecular formula is C24H38O5. The fraction of sp³-hybridized carbons (Fsp3) is 0.792. The summed E-state index contributed by atoms with van der Waals surface area (Å²) in [7, 11) is 0. The van der Waals surface area contributed by atoms with Crippen LogP contribution in [0.2, 0.25) is 0 Å².